The Labute approximate surface area is 172 Å². The van der Waals surface area contributed by atoms with Gasteiger partial charge in [0, 0.05) is 26.1 Å². The fourth-order valence-electron chi connectivity index (χ4n) is 3.73. The number of nitrogens with zero attached hydrogens (tertiary/aromatic N) is 2. The van der Waals surface area contributed by atoms with Crippen LogP contribution in [0.25, 0.3) is 0 Å². The van der Waals surface area contributed by atoms with Crippen molar-refractivity contribution in [1.29, 1.82) is 0 Å². The van der Waals surface area contributed by atoms with E-state index < -0.39 is 17.9 Å². The van der Waals surface area contributed by atoms with Crippen molar-refractivity contribution in [2.75, 3.05) is 19.7 Å². The maximum atomic E-state index is 13.3. The van der Waals surface area contributed by atoms with Crippen LogP contribution in [0.5, 0.6) is 0 Å². The fraction of sp³-hybridized carbons (Fsp3) is 0.591. The summed E-state index contributed by atoms with van der Waals surface area (Å²) >= 11 is 0. The zero-order valence-corrected chi connectivity index (χ0v) is 17.6. The molecule has 0 unspecified atom stereocenters. The van der Waals surface area contributed by atoms with Gasteiger partial charge in [-0.1, -0.05) is 44.0 Å². The van der Waals surface area contributed by atoms with E-state index in [1.807, 2.05) is 38.1 Å². The lowest BCUT2D eigenvalue weighted by Crippen LogP contribution is -2.54. The molecule has 1 aliphatic rings. The van der Waals surface area contributed by atoms with Crippen LogP contribution in [0.4, 0.5) is 4.79 Å². The van der Waals surface area contributed by atoms with Crippen LogP contribution in [0.3, 0.4) is 0 Å². The monoisotopic (exact) mass is 404 g/mol. The molecule has 160 valence electrons. The van der Waals surface area contributed by atoms with Gasteiger partial charge in [-0.15, -0.1) is 0 Å². The third kappa shape index (κ3) is 5.71. The van der Waals surface area contributed by atoms with Gasteiger partial charge in [0.2, 0.25) is 0 Å². The number of hydrogen-bond acceptors (Lipinski definition) is 4. The van der Waals surface area contributed by atoms with Gasteiger partial charge in [-0.3, -0.25) is 4.79 Å². The molecule has 29 heavy (non-hydrogen) atoms. The number of hydrogen-bond donors (Lipinski definition) is 1. The van der Waals surface area contributed by atoms with Gasteiger partial charge in [-0.05, 0) is 31.4 Å². The number of unbranched alkanes of at least 4 members (excludes halogenated alkanes) is 1. The molecule has 0 aliphatic carbocycles. The number of carbonyl (C=O) groups excluding carboxylic acids is 2. The predicted octanol–water partition coefficient (Wildman–Crippen LogP) is 3.31. The van der Waals surface area contributed by atoms with E-state index in [2.05, 4.69) is 0 Å². The number of carboxylic acid groups (broad SMARTS) is 1. The van der Waals surface area contributed by atoms with Gasteiger partial charge < -0.3 is 19.6 Å². The highest BCUT2D eigenvalue weighted by Crippen LogP contribution is 2.25. The summed E-state index contributed by atoms with van der Waals surface area (Å²) in [6.07, 6.45) is 2.74. The number of fused-ring (bicyclic) bond motifs is 1. The number of rotatable bonds is 9. The van der Waals surface area contributed by atoms with Gasteiger partial charge in [0.15, 0.2) is 0 Å². The van der Waals surface area contributed by atoms with Gasteiger partial charge in [-0.25, -0.2) is 9.59 Å². The molecular weight excluding hydrogens is 372 g/mol. The van der Waals surface area contributed by atoms with Crippen molar-refractivity contribution in [1.82, 2.24) is 9.80 Å². The van der Waals surface area contributed by atoms with Crippen LogP contribution in [0, 0.1) is 5.92 Å². The molecule has 1 aliphatic heterocycles. The van der Waals surface area contributed by atoms with Crippen molar-refractivity contribution in [3.63, 3.8) is 0 Å². The maximum absolute atomic E-state index is 13.3. The van der Waals surface area contributed by atoms with E-state index in [1.165, 1.54) is 4.90 Å². The minimum atomic E-state index is -1.02. The SMILES string of the molecule is CCCC[C@H](CN(CC)C(=O)N1Cc2ccccc2C[C@H]1C(=O)O)C(=O)OCC. The third-order valence-corrected chi connectivity index (χ3v) is 5.40. The minimum absolute atomic E-state index is 0.235. The summed E-state index contributed by atoms with van der Waals surface area (Å²) < 4.78 is 5.19. The molecule has 0 saturated carbocycles. The van der Waals surface area contributed by atoms with E-state index >= 15 is 0 Å². The highest BCUT2D eigenvalue weighted by molar-refractivity contribution is 5.84. The number of amides is 2. The van der Waals surface area contributed by atoms with E-state index in [-0.39, 0.29) is 31.5 Å². The molecule has 0 spiro atoms. The predicted molar refractivity (Wildman–Crippen MR) is 109 cm³/mol. The van der Waals surface area contributed by atoms with Crippen LogP contribution in [0.2, 0.25) is 0 Å². The van der Waals surface area contributed by atoms with Crippen LogP contribution < -0.4 is 0 Å². The van der Waals surface area contributed by atoms with Crippen molar-refractivity contribution in [3.05, 3.63) is 35.4 Å². The summed E-state index contributed by atoms with van der Waals surface area (Å²) in [7, 11) is 0. The number of urea groups is 1. The smallest absolute Gasteiger partial charge is 0.326 e. The molecule has 0 fully saturated rings. The third-order valence-electron chi connectivity index (χ3n) is 5.40. The van der Waals surface area contributed by atoms with Crippen molar-refractivity contribution in [2.24, 2.45) is 5.92 Å². The van der Waals surface area contributed by atoms with E-state index in [0.717, 1.165) is 24.0 Å². The average Bonchev–Trinajstić information content (AvgIpc) is 2.72. The summed E-state index contributed by atoms with van der Waals surface area (Å²) in [5, 5.41) is 9.71. The van der Waals surface area contributed by atoms with Crippen molar-refractivity contribution < 1.29 is 24.2 Å². The molecule has 0 aromatic heterocycles. The summed E-state index contributed by atoms with van der Waals surface area (Å²) in [5.74, 6) is -1.72. The Kier molecular flexibility index (Phi) is 8.49. The number of aliphatic carboxylic acids is 1. The zero-order valence-electron chi connectivity index (χ0n) is 17.6. The van der Waals surface area contributed by atoms with Crippen molar-refractivity contribution in [2.45, 2.75) is 59.0 Å². The van der Waals surface area contributed by atoms with Crippen LogP contribution in [-0.2, 0) is 27.3 Å². The summed E-state index contributed by atoms with van der Waals surface area (Å²) in [6, 6.07) is 6.34. The van der Waals surface area contributed by atoms with Gasteiger partial charge in [0.1, 0.15) is 6.04 Å². The lowest BCUT2D eigenvalue weighted by molar-refractivity contribution is -0.149. The van der Waals surface area contributed by atoms with E-state index in [4.69, 9.17) is 4.74 Å². The molecule has 2 amide bonds. The lowest BCUT2D eigenvalue weighted by atomic mass is 9.94. The molecule has 0 radical (unpaired) electrons. The highest BCUT2D eigenvalue weighted by atomic mass is 16.5. The van der Waals surface area contributed by atoms with E-state index in [1.54, 1.807) is 11.8 Å². The van der Waals surface area contributed by atoms with E-state index in [9.17, 15) is 19.5 Å². The second-order valence-electron chi connectivity index (χ2n) is 7.37. The van der Waals surface area contributed by atoms with Crippen molar-refractivity contribution >= 4 is 18.0 Å². The quantitative estimate of drug-likeness (QED) is 0.638. The molecule has 1 aromatic rings. The Morgan fingerprint density at radius 1 is 1.21 bits per heavy atom. The van der Waals surface area contributed by atoms with Gasteiger partial charge in [0.05, 0.1) is 12.5 Å². The average molecular weight is 405 g/mol. The molecule has 0 saturated heterocycles. The van der Waals surface area contributed by atoms with Crippen LogP contribution in [-0.4, -0.2) is 58.6 Å². The first-order valence-corrected chi connectivity index (χ1v) is 10.4. The first-order valence-electron chi connectivity index (χ1n) is 10.4. The molecule has 2 atom stereocenters. The summed E-state index contributed by atoms with van der Waals surface area (Å²) in [5.41, 5.74) is 1.92. The van der Waals surface area contributed by atoms with Gasteiger partial charge >= 0.3 is 18.0 Å². The molecule has 7 heteroatoms. The summed E-state index contributed by atoms with van der Waals surface area (Å²) in [4.78, 5) is 40.5. The fourth-order valence-corrected chi connectivity index (χ4v) is 3.73. The molecule has 0 bridgehead atoms. The number of benzene rings is 1. The Morgan fingerprint density at radius 2 is 1.90 bits per heavy atom. The van der Waals surface area contributed by atoms with Crippen molar-refractivity contribution in [3.8, 4) is 0 Å². The van der Waals surface area contributed by atoms with E-state index in [0.29, 0.717) is 19.6 Å². The number of ether oxygens (including phenoxy) is 1. The number of esters is 1. The molecule has 7 nitrogen and oxygen atoms in total. The first kappa shape index (κ1) is 22.7. The Morgan fingerprint density at radius 3 is 2.48 bits per heavy atom. The normalized spacial score (nSPS) is 16.7. The lowest BCUT2D eigenvalue weighted by Gasteiger charge is -2.38. The highest BCUT2D eigenvalue weighted by Gasteiger charge is 2.37. The summed E-state index contributed by atoms with van der Waals surface area (Å²) in [6.45, 7) is 6.83. The van der Waals surface area contributed by atoms with Gasteiger partial charge in [0.25, 0.3) is 0 Å². The first-order chi connectivity index (χ1) is 13.9. The number of carbonyl (C=O) groups is 3. The Hall–Kier alpha value is -2.57. The minimum Gasteiger partial charge on any atom is -0.480 e. The largest absolute Gasteiger partial charge is 0.480 e. The van der Waals surface area contributed by atoms with Crippen LogP contribution >= 0.6 is 0 Å². The molecule has 1 N–H and O–H groups in total. The second kappa shape index (κ2) is 10.8. The Bertz CT molecular complexity index is 721. The standard InChI is InChI=1S/C22H32N2O5/c1-4-7-10-18(21(27)29-6-3)14-23(5-2)22(28)24-15-17-12-9-8-11-16(17)13-19(24)20(25)26/h8-9,11-12,18-19H,4-7,10,13-15H2,1-3H3,(H,25,26)/t18-,19+/m1/s1. The van der Waals surface area contributed by atoms with Crippen LogP contribution in [0.1, 0.15) is 51.2 Å². The molecular formula is C22H32N2O5. The Balaban J connectivity index is 2.21. The van der Waals surface area contributed by atoms with Gasteiger partial charge in [-0.2, -0.15) is 0 Å². The topological polar surface area (TPSA) is 87.2 Å². The molecule has 1 aromatic carbocycles. The zero-order chi connectivity index (χ0) is 21.4. The number of carboxylic acids is 1. The maximum Gasteiger partial charge on any atom is 0.326 e. The second-order valence-corrected chi connectivity index (χ2v) is 7.37. The molecule has 1 heterocycles. The van der Waals surface area contributed by atoms with Crippen LogP contribution in [0.15, 0.2) is 24.3 Å². The molecule has 2 rings (SSSR count).